The molecule has 1 unspecified atom stereocenters. The summed E-state index contributed by atoms with van der Waals surface area (Å²) in [6, 6.07) is 7.17. The number of hydrogen-bond acceptors (Lipinski definition) is 3. The molecule has 0 fully saturated rings. The number of nitrogens with one attached hydrogen (secondary N) is 1. The number of guanidine groups is 1. The molecule has 20 heavy (non-hydrogen) atoms. The van der Waals surface area contributed by atoms with Crippen LogP contribution < -0.4 is 11.1 Å². The van der Waals surface area contributed by atoms with Crippen molar-refractivity contribution in [1.29, 1.82) is 0 Å². The van der Waals surface area contributed by atoms with Gasteiger partial charge in [-0.3, -0.25) is 4.99 Å². The van der Waals surface area contributed by atoms with Crippen molar-refractivity contribution in [2.24, 2.45) is 10.7 Å². The molecule has 1 aromatic rings. The topological polar surface area (TPSA) is 84.5 Å². The van der Waals surface area contributed by atoms with Gasteiger partial charge in [-0.25, -0.2) is 8.42 Å². The number of nitrogens with zero attached hydrogens (tertiary/aromatic N) is 1. The summed E-state index contributed by atoms with van der Waals surface area (Å²) >= 11 is 0. The van der Waals surface area contributed by atoms with Gasteiger partial charge < -0.3 is 11.1 Å². The molecular weight excluding hydrogens is 274 g/mol. The van der Waals surface area contributed by atoms with Crippen molar-refractivity contribution in [1.82, 2.24) is 5.32 Å². The third-order valence-corrected chi connectivity index (χ3v) is 4.17. The van der Waals surface area contributed by atoms with Gasteiger partial charge >= 0.3 is 0 Å². The molecule has 5 nitrogen and oxygen atoms in total. The minimum atomic E-state index is -3.13. The van der Waals surface area contributed by atoms with E-state index >= 15 is 0 Å². The Bertz CT molecular complexity index is 550. The summed E-state index contributed by atoms with van der Waals surface area (Å²) in [5.41, 5.74) is 6.79. The van der Waals surface area contributed by atoms with Crippen molar-refractivity contribution in [3.8, 4) is 0 Å². The van der Waals surface area contributed by atoms with E-state index in [2.05, 4.69) is 17.2 Å². The Labute approximate surface area is 121 Å². The molecule has 0 aliphatic heterocycles. The van der Waals surface area contributed by atoms with Crippen LogP contribution in [0.2, 0.25) is 0 Å². The Morgan fingerprint density at radius 2 is 1.95 bits per heavy atom. The first-order valence-corrected chi connectivity index (χ1v) is 8.57. The van der Waals surface area contributed by atoms with Crippen LogP contribution in [0, 0.1) is 0 Å². The molecule has 0 aliphatic rings. The van der Waals surface area contributed by atoms with Gasteiger partial charge in [0.1, 0.15) is 0 Å². The molecule has 0 bridgehead atoms. The molecule has 3 N–H and O–H groups in total. The predicted octanol–water partition coefficient (Wildman–Crippen LogP) is 1.34. The molecule has 0 radical (unpaired) electrons. The highest BCUT2D eigenvalue weighted by Crippen LogP contribution is 2.10. The third kappa shape index (κ3) is 5.61. The van der Waals surface area contributed by atoms with Gasteiger partial charge in [0.05, 0.1) is 4.90 Å². The average Bonchev–Trinajstić information content (AvgIpc) is 2.38. The van der Waals surface area contributed by atoms with Crippen molar-refractivity contribution in [2.45, 2.75) is 37.6 Å². The van der Waals surface area contributed by atoms with E-state index in [9.17, 15) is 8.42 Å². The lowest BCUT2D eigenvalue weighted by Gasteiger charge is -2.11. The van der Waals surface area contributed by atoms with Crippen LogP contribution in [0.5, 0.6) is 0 Å². The Hall–Kier alpha value is -1.56. The average molecular weight is 297 g/mol. The van der Waals surface area contributed by atoms with E-state index < -0.39 is 9.84 Å². The summed E-state index contributed by atoms with van der Waals surface area (Å²) in [4.78, 5) is 4.58. The van der Waals surface area contributed by atoms with Crippen molar-refractivity contribution >= 4 is 15.8 Å². The maximum absolute atomic E-state index is 11.3. The molecule has 0 aromatic heterocycles. The molecule has 6 heteroatoms. The van der Waals surface area contributed by atoms with E-state index in [1.807, 2.05) is 19.1 Å². The Balaban J connectivity index is 2.52. The lowest BCUT2D eigenvalue weighted by Crippen LogP contribution is -2.38. The van der Waals surface area contributed by atoms with Crippen molar-refractivity contribution in [2.75, 3.05) is 12.8 Å². The lowest BCUT2D eigenvalue weighted by molar-refractivity contribution is 0.602. The molecule has 0 amide bonds. The summed E-state index contributed by atoms with van der Waals surface area (Å²) in [5, 5.41) is 3.09. The molecule has 0 spiro atoms. The fourth-order valence-corrected chi connectivity index (χ4v) is 2.24. The Kier molecular flexibility index (Phi) is 6.01. The highest BCUT2D eigenvalue weighted by atomic mass is 32.2. The Morgan fingerprint density at radius 3 is 2.45 bits per heavy atom. The molecule has 1 rings (SSSR count). The second-order valence-corrected chi connectivity index (χ2v) is 6.90. The number of benzene rings is 1. The van der Waals surface area contributed by atoms with Crippen LogP contribution in [0.4, 0.5) is 0 Å². The summed E-state index contributed by atoms with van der Waals surface area (Å²) < 4.78 is 22.7. The van der Waals surface area contributed by atoms with Crippen molar-refractivity contribution < 1.29 is 8.42 Å². The normalized spacial score (nSPS) is 14.1. The van der Waals surface area contributed by atoms with Gasteiger partial charge in [0, 0.05) is 18.8 Å². The van der Waals surface area contributed by atoms with Crippen molar-refractivity contribution in [3.05, 3.63) is 29.8 Å². The summed E-state index contributed by atoms with van der Waals surface area (Å²) in [6.07, 6.45) is 2.92. The van der Waals surface area contributed by atoms with E-state index in [1.165, 1.54) is 6.26 Å². The largest absolute Gasteiger partial charge is 0.370 e. The number of hydrogen-bond donors (Lipinski definition) is 2. The van der Waals surface area contributed by atoms with E-state index in [-0.39, 0.29) is 0 Å². The van der Waals surface area contributed by atoms with E-state index in [0.29, 0.717) is 23.4 Å². The zero-order valence-electron chi connectivity index (χ0n) is 12.3. The van der Waals surface area contributed by atoms with Gasteiger partial charge in [0.15, 0.2) is 15.8 Å². The highest BCUT2D eigenvalue weighted by molar-refractivity contribution is 7.90. The molecule has 0 saturated carbocycles. The summed E-state index contributed by atoms with van der Waals surface area (Å²) in [5.74, 6) is 0.451. The van der Waals surface area contributed by atoms with Crippen LogP contribution in [-0.4, -0.2) is 33.2 Å². The molecular formula is C14H23N3O2S. The fraction of sp³-hybridized carbons (Fsp3) is 0.500. The first-order chi connectivity index (χ1) is 9.32. The van der Waals surface area contributed by atoms with Crippen LogP contribution >= 0.6 is 0 Å². The van der Waals surface area contributed by atoms with Crippen LogP contribution in [0.15, 0.2) is 34.2 Å². The summed E-state index contributed by atoms with van der Waals surface area (Å²) in [7, 11) is -3.13. The molecule has 0 heterocycles. The smallest absolute Gasteiger partial charge is 0.188 e. The second-order valence-electron chi connectivity index (χ2n) is 4.89. The zero-order chi connectivity index (χ0) is 15.2. The number of sulfone groups is 1. The monoisotopic (exact) mass is 297 g/mol. The fourth-order valence-electron chi connectivity index (χ4n) is 1.61. The number of nitrogens with two attached hydrogens (primary N) is 1. The third-order valence-electron chi connectivity index (χ3n) is 3.04. The van der Waals surface area contributed by atoms with E-state index in [1.54, 1.807) is 12.1 Å². The van der Waals surface area contributed by atoms with Crippen LogP contribution in [-0.2, 0) is 16.3 Å². The Morgan fingerprint density at radius 1 is 1.35 bits per heavy atom. The molecule has 1 atom stereocenters. The second kappa shape index (κ2) is 7.28. The maximum atomic E-state index is 11.3. The number of rotatable bonds is 6. The highest BCUT2D eigenvalue weighted by Gasteiger charge is 2.05. The van der Waals surface area contributed by atoms with Crippen LogP contribution in [0.3, 0.4) is 0 Å². The maximum Gasteiger partial charge on any atom is 0.188 e. The quantitative estimate of drug-likeness (QED) is 0.613. The standard InChI is InChI=1S/C14H23N3O2S/c1-4-11(2)17-14(15)16-10-9-12-5-7-13(8-6-12)20(3,18)19/h5-8,11H,4,9-10H2,1-3H3,(H3,15,16,17). The van der Waals surface area contributed by atoms with Crippen LogP contribution in [0.25, 0.3) is 0 Å². The van der Waals surface area contributed by atoms with Gasteiger partial charge in [-0.05, 0) is 37.5 Å². The molecule has 0 aliphatic carbocycles. The van der Waals surface area contributed by atoms with Gasteiger partial charge in [-0.2, -0.15) is 0 Å². The SMILES string of the molecule is CCC(C)NC(N)=NCCc1ccc(S(C)(=O)=O)cc1. The minimum absolute atomic E-state index is 0.313. The zero-order valence-corrected chi connectivity index (χ0v) is 13.1. The van der Waals surface area contributed by atoms with Gasteiger partial charge in [-0.15, -0.1) is 0 Å². The van der Waals surface area contributed by atoms with E-state index in [0.717, 1.165) is 18.4 Å². The molecule has 1 aromatic carbocycles. The molecule has 0 saturated heterocycles. The molecule has 112 valence electrons. The number of aliphatic imine (C=N–C) groups is 1. The minimum Gasteiger partial charge on any atom is -0.370 e. The van der Waals surface area contributed by atoms with Gasteiger partial charge in [0.25, 0.3) is 0 Å². The van der Waals surface area contributed by atoms with Gasteiger partial charge in [0.2, 0.25) is 0 Å². The van der Waals surface area contributed by atoms with Crippen molar-refractivity contribution in [3.63, 3.8) is 0 Å². The lowest BCUT2D eigenvalue weighted by atomic mass is 10.1. The van der Waals surface area contributed by atoms with E-state index in [4.69, 9.17) is 5.73 Å². The first-order valence-electron chi connectivity index (χ1n) is 6.68. The predicted molar refractivity (Wildman–Crippen MR) is 82.6 cm³/mol. The van der Waals surface area contributed by atoms with Crippen LogP contribution in [0.1, 0.15) is 25.8 Å². The van der Waals surface area contributed by atoms with Gasteiger partial charge in [-0.1, -0.05) is 19.1 Å². The summed E-state index contributed by atoms with van der Waals surface area (Å²) in [6.45, 7) is 4.70. The first kappa shape index (κ1) is 16.5.